The van der Waals surface area contributed by atoms with Crippen LogP contribution in [0.15, 0.2) is 54.6 Å². The van der Waals surface area contributed by atoms with Crippen LogP contribution in [0.25, 0.3) is 0 Å². The highest BCUT2D eigenvalue weighted by molar-refractivity contribution is 6.30. The molecule has 0 radical (unpaired) electrons. The van der Waals surface area contributed by atoms with E-state index in [2.05, 4.69) is 10.6 Å². The summed E-state index contributed by atoms with van der Waals surface area (Å²) in [5.74, 6) is -0.430. The van der Waals surface area contributed by atoms with Gasteiger partial charge in [0.25, 0.3) is 5.91 Å². The molecule has 0 bridgehead atoms. The normalized spacial score (nSPS) is 16.2. The molecule has 0 saturated carbocycles. The molecule has 1 fully saturated rings. The predicted molar refractivity (Wildman–Crippen MR) is 107 cm³/mol. The minimum atomic E-state index is -0.654. The lowest BCUT2D eigenvalue weighted by molar-refractivity contribution is -0.128. The van der Waals surface area contributed by atoms with Gasteiger partial charge in [0.05, 0.1) is 6.54 Å². The molecule has 3 rings (SSSR count). The van der Waals surface area contributed by atoms with Gasteiger partial charge in [-0.3, -0.25) is 14.5 Å². The van der Waals surface area contributed by atoms with Crippen LogP contribution in [-0.2, 0) is 22.6 Å². The summed E-state index contributed by atoms with van der Waals surface area (Å²) in [6.07, 6.45) is 1.16. The first-order valence-corrected chi connectivity index (χ1v) is 9.57. The largest absolute Gasteiger partial charge is 0.356 e. The Kier molecular flexibility index (Phi) is 6.66. The number of imide groups is 1. The summed E-state index contributed by atoms with van der Waals surface area (Å²) in [6.45, 7) is 0.737. The van der Waals surface area contributed by atoms with Gasteiger partial charge in [-0.15, -0.1) is 0 Å². The number of rotatable bonds is 8. The fraction of sp³-hybridized carbons (Fsp3) is 0.286. The first-order chi connectivity index (χ1) is 13.5. The molecule has 2 N–H and O–H groups in total. The second-order valence-corrected chi connectivity index (χ2v) is 7.11. The fourth-order valence-electron chi connectivity index (χ4n) is 3.05. The molecule has 1 atom stereocenters. The topological polar surface area (TPSA) is 78.5 Å². The highest BCUT2D eigenvalue weighted by Gasteiger charge is 2.37. The third-order valence-corrected chi connectivity index (χ3v) is 4.85. The van der Waals surface area contributed by atoms with Crippen molar-refractivity contribution in [2.75, 3.05) is 6.54 Å². The lowest BCUT2D eigenvalue weighted by Gasteiger charge is -2.13. The number of halogens is 1. The van der Waals surface area contributed by atoms with Crippen molar-refractivity contribution < 1.29 is 14.4 Å². The quantitative estimate of drug-likeness (QED) is 0.670. The van der Waals surface area contributed by atoms with Gasteiger partial charge in [-0.2, -0.15) is 0 Å². The highest BCUT2D eigenvalue weighted by atomic mass is 35.5. The molecule has 4 amide bonds. The van der Waals surface area contributed by atoms with Crippen molar-refractivity contribution in [2.45, 2.75) is 31.8 Å². The number of amides is 4. The molecule has 1 aliphatic rings. The third-order valence-electron chi connectivity index (χ3n) is 4.60. The SMILES string of the molecule is O=C(CC[C@@H]1NC(=O)N(Cc2ccccc2)C1=O)NCCc1ccc(Cl)cc1. The van der Waals surface area contributed by atoms with Crippen LogP contribution in [-0.4, -0.2) is 35.3 Å². The minimum Gasteiger partial charge on any atom is -0.356 e. The monoisotopic (exact) mass is 399 g/mol. The van der Waals surface area contributed by atoms with Gasteiger partial charge in [-0.25, -0.2) is 4.79 Å². The van der Waals surface area contributed by atoms with Crippen molar-refractivity contribution in [3.63, 3.8) is 0 Å². The Hall–Kier alpha value is -2.86. The van der Waals surface area contributed by atoms with Crippen LogP contribution in [0.1, 0.15) is 24.0 Å². The average molecular weight is 400 g/mol. The summed E-state index contributed by atoms with van der Waals surface area (Å²) in [5.41, 5.74) is 1.96. The summed E-state index contributed by atoms with van der Waals surface area (Å²) in [6, 6.07) is 15.7. The number of urea groups is 1. The van der Waals surface area contributed by atoms with Crippen molar-refractivity contribution in [3.05, 3.63) is 70.7 Å². The van der Waals surface area contributed by atoms with Crippen LogP contribution in [0.4, 0.5) is 4.79 Å². The van der Waals surface area contributed by atoms with Crippen LogP contribution in [0, 0.1) is 0 Å². The Labute approximate surface area is 168 Å². The highest BCUT2D eigenvalue weighted by Crippen LogP contribution is 2.15. The summed E-state index contributed by atoms with van der Waals surface area (Å²) < 4.78 is 0. The first kappa shape index (κ1) is 19.9. The van der Waals surface area contributed by atoms with E-state index in [0.29, 0.717) is 18.0 Å². The van der Waals surface area contributed by atoms with E-state index in [0.717, 1.165) is 11.1 Å². The molecule has 0 spiro atoms. The number of nitrogens with one attached hydrogen (secondary N) is 2. The van der Waals surface area contributed by atoms with Crippen molar-refractivity contribution >= 4 is 29.4 Å². The van der Waals surface area contributed by atoms with E-state index in [1.165, 1.54) is 4.90 Å². The molecule has 0 aliphatic carbocycles. The number of carbonyl (C=O) groups excluding carboxylic acids is 3. The molecule has 0 unspecified atom stereocenters. The zero-order valence-electron chi connectivity index (χ0n) is 15.4. The molecule has 6 nitrogen and oxygen atoms in total. The molecule has 1 aliphatic heterocycles. The zero-order valence-corrected chi connectivity index (χ0v) is 16.1. The average Bonchev–Trinajstić information content (AvgIpc) is 2.96. The van der Waals surface area contributed by atoms with E-state index >= 15 is 0 Å². The van der Waals surface area contributed by atoms with Crippen molar-refractivity contribution in [2.24, 2.45) is 0 Å². The Morgan fingerprint density at radius 2 is 1.75 bits per heavy atom. The maximum Gasteiger partial charge on any atom is 0.325 e. The van der Waals surface area contributed by atoms with Gasteiger partial charge in [-0.1, -0.05) is 54.1 Å². The molecular formula is C21H22ClN3O3. The van der Waals surface area contributed by atoms with Crippen LogP contribution in [0.5, 0.6) is 0 Å². The number of hydrogen-bond acceptors (Lipinski definition) is 3. The Morgan fingerprint density at radius 3 is 2.46 bits per heavy atom. The van der Waals surface area contributed by atoms with Crippen LogP contribution in [0.2, 0.25) is 5.02 Å². The fourth-order valence-corrected chi connectivity index (χ4v) is 3.18. The standard InChI is InChI=1S/C21H22ClN3O3/c22-17-8-6-15(7-9-17)12-13-23-19(26)11-10-18-20(27)25(21(28)24-18)14-16-4-2-1-3-5-16/h1-9,18H,10-14H2,(H,23,26)(H,24,28)/t18-/m0/s1. The van der Waals surface area contributed by atoms with Crippen LogP contribution < -0.4 is 10.6 Å². The van der Waals surface area contributed by atoms with Crippen molar-refractivity contribution in [1.29, 1.82) is 0 Å². The van der Waals surface area contributed by atoms with E-state index in [4.69, 9.17) is 11.6 Å². The number of benzene rings is 2. The van der Waals surface area contributed by atoms with E-state index in [1.807, 2.05) is 54.6 Å². The molecule has 28 heavy (non-hydrogen) atoms. The third kappa shape index (κ3) is 5.33. The Balaban J connectivity index is 1.41. The molecule has 0 aromatic heterocycles. The van der Waals surface area contributed by atoms with Crippen LogP contribution in [0.3, 0.4) is 0 Å². The van der Waals surface area contributed by atoms with E-state index in [1.54, 1.807) is 0 Å². The van der Waals surface area contributed by atoms with Crippen molar-refractivity contribution in [1.82, 2.24) is 15.5 Å². The van der Waals surface area contributed by atoms with Gasteiger partial charge in [-0.05, 0) is 36.1 Å². The smallest absolute Gasteiger partial charge is 0.325 e. The Bertz CT molecular complexity index is 840. The second kappa shape index (κ2) is 9.37. The molecule has 7 heteroatoms. The van der Waals surface area contributed by atoms with Gasteiger partial charge in [0, 0.05) is 18.0 Å². The zero-order chi connectivity index (χ0) is 19.9. The first-order valence-electron chi connectivity index (χ1n) is 9.20. The molecule has 2 aromatic rings. The number of nitrogens with zero attached hydrogens (tertiary/aromatic N) is 1. The lowest BCUT2D eigenvalue weighted by atomic mass is 10.1. The van der Waals surface area contributed by atoms with Gasteiger partial charge in [0.15, 0.2) is 0 Å². The summed E-state index contributed by atoms with van der Waals surface area (Å²) in [4.78, 5) is 37.8. The van der Waals surface area contributed by atoms with Gasteiger partial charge in [0.2, 0.25) is 5.91 Å². The summed E-state index contributed by atoms with van der Waals surface area (Å²) in [7, 11) is 0. The Morgan fingerprint density at radius 1 is 1.04 bits per heavy atom. The van der Waals surface area contributed by atoms with Gasteiger partial charge >= 0.3 is 6.03 Å². The number of hydrogen-bond donors (Lipinski definition) is 2. The molecule has 2 aromatic carbocycles. The molecule has 1 saturated heterocycles. The molecular weight excluding hydrogens is 378 g/mol. The van der Waals surface area contributed by atoms with Gasteiger partial charge < -0.3 is 10.6 Å². The van der Waals surface area contributed by atoms with Crippen molar-refractivity contribution in [3.8, 4) is 0 Å². The molecule has 1 heterocycles. The van der Waals surface area contributed by atoms with Gasteiger partial charge in [0.1, 0.15) is 6.04 Å². The summed E-state index contributed by atoms with van der Waals surface area (Å²) >= 11 is 5.85. The maximum atomic E-state index is 12.5. The predicted octanol–water partition coefficient (Wildman–Crippen LogP) is 2.90. The van der Waals surface area contributed by atoms with E-state index < -0.39 is 12.1 Å². The number of carbonyl (C=O) groups is 3. The second-order valence-electron chi connectivity index (χ2n) is 6.68. The van der Waals surface area contributed by atoms with E-state index in [9.17, 15) is 14.4 Å². The lowest BCUT2D eigenvalue weighted by Crippen LogP contribution is -2.33. The van der Waals surface area contributed by atoms with E-state index in [-0.39, 0.29) is 31.2 Å². The van der Waals surface area contributed by atoms with Crippen LogP contribution >= 0.6 is 11.6 Å². The maximum absolute atomic E-state index is 12.5. The minimum absolute atomic E-state index is 0.141. The molecule has 146 valence electrons. The summed E-state index contributed by atoms with van der Waals surface area (Å²) in [5, 5.41) is 6.18.